The van der Waals surface area contributed by atoms with Gasteiger partial charge in [0.25, 0.3) is 0 Å². The van der Waals surface area contributed by atoms with Crippen molar-refractivity contribution in [2.45, 2.75) is 37.6 Å². The van der Waals surface area contributed by atoms with Crippen molar-refractivity contribution >= 4 is 7.82 Å². The number of aliphatic hydroxyl groups excluding tert-OH is 2. The summed E-state index contributed by atoms with van der Waals surface area (Å²) in [6, 6.07) is -0.877. The van der Waals surface area contributed by atoms with Crippen LogP contribution in [-0.4, -0.2) is 40.9 Å². The van der Waals surface area contributed by atoms with E-state index in [-0.39, 0.29) is 59.1 Å². The molecule has 5 atom stereocenters. The van der Waals surface area contributed by atoms with Gasteiger partial charge in [-0.15, -0.1) is 0 Å². The molecule has 0 aromatic rings. The molecule has 1 fully saturated rings. The van der Waals surface area contributed by atoms with Crippen molar-refractivity contribution in [2.75, 3.05) is 0 Å². The van der Waals surface area contributed by atoms with E-state index >= 15 is 0 Å². The van der Waals surface area contributed by atoms with Crippen molar-refractivity contribution in [3.63, 3.8) is 0 Å². The standard InChI is InChI=1S/C6H14NO7P.2Na/c1-2-3(7)4(8)5(9)6(13-2)14-15(10,11)12;;/h2-6,8-9H,7H2,1H3,(H2,10,11,12);;/q;2*+1/p-2/t2-,3-,4+,5-,6-;;/m1../s1. The summed E-state index contributed by atoms with van der Waals surface area (Å²) in [5.74, 6) is 0. The molecule has 11 heteroatoms. The van der Waals surface area contributed by atoms with Crippen LogP contribution in [0.15, 0.2) is 0 Å². The number of ether oxygens (including phenoxy) is 1. The molecule has 0 spiro atoms. The Morgan fingerprint density at radius 3 is 2.18 bits per heavy atom. The molecule has 0 aromatic carbocycles. The molecule has 0 unspecified atom stereocenters. The van der Waals surface area contributed by atoms with E-state index in [4.69, 9.17) is 10.5 Å². The average Bonchev–Trinajstić information content (AvgIpc) is 2.08. The molecule has 1 rings (SSSR count). The molecular weight excluding hydrogens is 275 g/mol. The Morgan fingerprint density at radius 1 is 1.29 bits per heavy atom. The second kappa shape index (κ2) is 8.28. The predicted molar refractivity (Wildman–Crippen MR) is 43.0 cm³/mol. The Labute approximate surface area is 143 Å². The zero-order chi connectivity index (χ0) is 11.8. The van der Waals surface area contributed by atoms with Crippen molar-refractivity contribution < 1.29 is 92.9 Å². The summed E-state index contributed by atoms with van der Waals surface area (Å²) in [6.45, 7) is 1.46. The van der Waals surface area contributed by atoms with Crippen LogP contribution in [0, 0.1) is 0 Å². The molecule has 1 aliphatic rings. The molecule has 90 valence electrons. The molecule has 0 bridgehead atoms. The van der Waals surface area contributed by atoms with E-state index in [1.165, 1.54) is 6.92 Å². The minimum absolute atomic E-state index is 0. The van der Waals surface area contributed by atoms with Gasteiger partial charge in [-0.2, -0.15) is 0 Å². The number of rotatable bonds is 2. The van der Waals surface area contributed by atoms with Gasteiger partial charge in [-0.3, -0.25) is 0 Å². The van der Waals surface area contributed by atoms with Gasteiger partial charge in [0.2, 0.25) is 0 Å². The quantitative estimate of drug-likeness (QED) is 0.335. The molecule has 0 saturated carbocycles. The molecule has 1 aliphatic heterocycles. The maximum absolute atomic E-state index is 10.3. The molecule has 0 amide bonds. The monoisotopic (exact) mass is 287 g/mol. The molecule has 0 aliphatic carbocycles. The molecular formula is C6H12NNa2O7P. The number of aliphatic hydroxyl groups is 2. The normalized spacial score (nSPS) is 37.9. The van der Waals surface area contributed by atoms with Gasteiger partial charge < -0.3 is 39.6 Å². The molecule has 4 N–H and O–H groups in total. The summed E-state index contributed by atoms with van der Waals surface area (Å²) >= 11 is 0. The Morgan fingerprint density at radius 2 is 1.76 bits per heavy atom. The zero-order valence-electron chi connectivity index (χ0n) is 9.85. The van der Waals surface area contributed by atoms with Gasteiger partial charge in [0.05, 0.1) is 20.0 Å². The minimum atomic E-state index is -5.28. The third-order valence-electron chi connectivity index (χ3n) is 2.15. The van der Waals surface area contributed by atoms with E-state index in [0.29, 0.717) is 0 Å². The Kier molecular flexibility index (Phi) is 10.4. The van der Waals surface area contributed by atoms with Crippen molar-refractivity contribution in [2.24, 2.45) is 5.73 Å². The number of hydrogen-bond donors (Lipinski definition) is 3. The van der Waals surface area contributed by atoms with E-state index in [1.807, 2.05) is 0 Å². The maximum atomic E-state index is 10.3. The minimum Gasteiger partial charge on any atom is -0.790 e. The van der Waals surface area contributed by atoms with Gasteiger partial charge in [-0.25, -0.2) is 0 Å². The van der Waals surface area contributed by atoms with Crippen LogP contribution in [0.3, 0.4) is 0 Å². The average molecular weight is 287 g/mol. The van der Waals surface area contributed by atoms with Crippen molar-refractivity contribution in [3.8, 4) is 0 Å². The summed E-state index contributed by atoms with van der Waals surface area (Å²) in [7, 11) is -5.28. The first-order valence-corrected chi connectivity index (χ1v) is 5.66. The fourth-order valence-corrected chi connectivity index (χ4v) is 1.69. The first kappa shape index (κ1) is 21.3. The number of phosphoric acid groups is 1. The third-order valence-corrected chi connectivity index (χ3v) is 2.61. The number of hydrogen-bond acceptors (Lipinski definition) is 8. The van der Waals surface area contributed by atoms with E-state index in [9.17, 15) is 24.6 Å². The first-order valence-electron chi connectivity index (χ1n) is 4.20. The van der Waals surface area contributed by atoms with E-state index in [1.54, 1.807) is 0 Å². The van der Waals surface area contributed by atoms with Crippen molar-refractivity contribution in [3.05, 3.63) is 0 Å². The summed E-state index contributed by atoms with van der Waals surface area (Å²) < 4.78 is 19.1. The van der Waals surface area contributed by atoms with Crippen LogP contribution in [0.2, 0.25) is 0 Å². The Hall–Kier alpha value is 1.95. The third kappa shape index (κ3) is 6.29. The smallest absolute Gasteiger partial charge is 0.790 e. The molecule has 0 aromatic heterocycles. The molecule has 1 heterocycles. The fourth-order valence-electron chi connectivity index (χ4n) is 1.26. The van der Waals surface area contributed by atoms with Crippen LogP contribution in [0.1, 0.15) is 6.92 Å². The van der Waals surface area contributed by atoms with Crippen LogP contribution >= 0.6 is 7.82 Å². The second-order valence-corrected chi connectivity index (χ2v) is 4.43. The zero-order valence-corrected chi connectivity index (χ0v) is 14.7. The van der Waals surface area contributed by atoms with Gasteiger partial charge in [0, 0.05) is 0 Å². The Balaban J connectivity index is 0. The van der Waals surface area contributed by atoms with Crippen molar-refractivity contribution in [1.29, 1.82) is 0 Å². The van der Waals surface area contributed by atoms with E-state index < -0.39 is 38.5 Å². The van der Waals surface area contributed by atoms with Crippen LogP contribution in [-0.2, 0) is 13.8 Å². The van der Waals surface area contributed by atoms with Crippen LogP contribution in [0.4, 0.5) is 0 Å². The van der Waals surface area contributed by atoms with Crippen LogP contribution < -0.4 is 74.6 Å². The van der Waals surface area contributed by atoms with E-state index in [2.05, 4.69) is 4.52 Å². The molecule has 8 nitrogen and oxygen atoms in total. The summed E-state index contributed by atoms with van der Waals surface area (Å²) in [5.41, 5.74) is 5.42. The molecule has 0 radical (unpaired) electrons. The Bertz CT molecular complexity index is 277. The molecule has 1 saturated heterocycles. The van der Waals surface area contributed by atoms with Gasteiger partial charge in [0.15, 0.2) is 6.29 Å². The first-order chi connectivity index (χ1) is 6.72. The summed E-state index contributed by atoms with van der Waals surface area (Å²) in [4.78, 5) is 20.6. The predicted octanol–water partition coefficient (Wildman–Crippen LogP) is -9.37. The van der Waals surface area contributed by atoms with Crippen molar-refractivity contribution in [1.82, 2.24) is 0 Å². The number of nitrogens with two attached hydrogens (primary N) is 1. The van der Waals surface area contributed by atoms with Crippen LogP contribution in [0.5, 0.6) is 0 Å². The van der Waals surface area contributed by atoms with E-state index in [0.717, 1.165) is 0 Å². The van der Waals surface area contributed by atoms with Gasteiger partial charge in [-0.1, -0.05) is 0 Å². The van der Waals surface area contributed by atoms with Gasteiger partial charge >= 0.3 is 59.1 Å². The summed E-state index contributed by atoms with van der Waals surface area (Å²) in [6.07, 6.45) is -5.53. The second-order valence-electron chi connectivity index (χ2n) is 3.32. The fraction of sp³-hybridized carbons (Fsp3) is 1.00. The maximum Gasteiger partial charge on any atom is 1.00 e. The van der Waals surface area contributed by atoms with Gasteiger partial charge in [0.1, 0.15) is 12.2 Å². The largest absolute Gasteiger partial charge is 1.00 e. The summed E-state index contributed by atoms with van der Waals surface area (Å²) in [5, 5.41) is 18.7. The molecule has 17 heavy (non-hydrogen) atoms. The topological polar surface area (TPSA) is 148 Å². The SMILES string of the molecule is C[C@H]1O[C@H](OP(=O)([O-])[O-])[C@H](O)[C@@H](O)[C@@H]1N.[Na+].[Na+]. The van der Waals surface area contributed by atoms with Gasteiger partial charge in [-0.05, 0) is 6.92 Å². The van der Waals surface area contributed by atoms with Crippen LogP contribution in [0.25, 0.3) is 0 Å². The number of phosphoric ester groups is 1.